The van der Waals surface area contributed by atoms with Gasteiger partial charge in [0.25, 0.3) is 11.8 Å². The normalized spacial score (nSPS) is 16.3. The molecule has 0 fully saturated rings. The minimum atomic E-state index is -0.261. The third-order valence-corrected chi connectivity index (χ3v) is 6.89. The smallest absolute Gasteiger partial charge is 0.285 e. The van der Waals surface area contributed by atoms with Crippen molar-refractivity contribution < 1.29 is 9.59 Å². The molecule has 1 aliphatic rings. The monoisotopic (exact) mass is 385 g/mol. The molecule has 5 nitrogen and oxygen atoms in total. The zero-order chi connectivity index (χ0) is 18.3. The summed E-state index contributed by atoms with van der Waals surface area (Å²) < 4.78 is 0.975. The number of anilines is 1. The lowest BCUT2D eigenvalue weighted by Crippen LogP contribution is -2.22. The van der Waals surface area contributed by atoms with Gasteiger partial charge in [0.2, 0.25) is 0 Å². The van der Waals surface area contributed by atoms with E-state index >= 15 is 0 Å². The average molecular weight is 386 g/mol. The fraction of sp³-hybridized carbons (Fsp3) is 0.316. The number of nitrogens with one attached hydrogen (secondary N) is 2. The molecular formula is C19H19N3O2S2. The van der Waals surface area contributed by atoms with E-state index in [1.807, 2.05) is 24.3 Å². The largest absolute Gasteiger partial charge is 0.355 e. The number of nitrogens with zero attached hydrogens (tertiary/aromatic N) is 1. The van der Waals surface area contributed by atoms with Gasteiger partial charge >= 0.3 is 0 Å². The summed E-state index contributed by atoms with van der Waals surface area (Å²) in [6.07, 6.45) is 2.91. The molecule has 0 saturated carbocycles. The molecule has 0 aliphatic heterocycles. The molecule has 1 unspecified atom stereocenters. The minimum absolute atomic E-state index is 0.142. The van der Waals surface area contributed by atoms with Crippen LogP contribution in [0.25, 0.3) is 10.2 Å². The third kappa shape index (κ3) is 3.01. The van der Waals surface area contributed by atoms with E-state index in [1.54, 1.807) is 7.05 Å². The first kappa shape index (κ1) is 17.2. The van der Waals surface area contributed by atoms with Crippen molar-refractivity contribution in [1.29, 1.82) is 0 Å². The Morgan fingerprint density at radius 1 is 1.19 bits per heavy atom. The van der Waals surface area contributed by atoms with Gasteiger partial charge in [0, 0.05) is 11.9 Å². The zero-order valence-electron chi connectivity index (χ0n) is 14.6. The van der Waals surface area contributed by atoms with Crippen LogP contribution >= 0.6 is 22.7 Å². The van der Waals surface area contributed by atoms with E-state index in [0.717, 1.165) is 35.0 Å². The van der Waals surface area contributed by atoms with Crippen LogP contribution in [0.15, 0.2) is 24.3 Å². The molecule has 7 heteroatoms. The number of aromatic nitrogens is 1. The second kappa shape index (κ2) is 6.81. The lowest BCUT2D eigenvalue weighted by atomic mass is 9.88. The van der Waals surface area contributed by atoms with Gasteiger partial charge in [-0.25, -0.2) is 4.98 Å². The maximum Gasteiger partial charge on any atom is 0.285 e. The Kier molecular flexibility index (Phi) is 4.50. The zero-order valence-corrected chi connectivity index (χ0v) is 16.2. The highest BCUT2D eigenvalue weighted by molar-refractivity contribution is 7.20. The summed E-state index contributed by atoms with van der Waals surface area (Å²) >= 11 is 2.88. The molecule has 2 heterocycles. The van der Waals surface area contributed by atoms with Crippen molar-refractivity contribution in [3.05, 3.63) is 45.3 Å². The Morgan fingerprint density at radius 3 is 2.77 bits per heavy atom. The Hall–Kier alpha value is -2.25. The molecule has 2 amide bonds. The van der Waals surface area contributed by atoms with E-state index < -0.39 is 0 Å². The molecule has 2 N–H and O–H groups in total. The van der Waals surface area contributed by atoms with E-state index in [4.69, 9.17) is 0 Å². The van der Waals surface area contributed by atoms with Crippen LogP contribution in [0.1, 0.15) is 43.9 Å². The summed E-state index contributed by atoms with van der Waals surface area (Å²) in [4.78, 5) is 30.8. The van der Waals surface area contributed by atoms with E-state index in [1.165, 1.54) is 27.6 Å². The predicted molar refractivity (Wildman–Crippen MR) is 106 cm³/mol. The van der Waals surface area contributed by atoms with Crippen LogP contribution in [0.4, 0.5) is 5.00 Å². The first-order chi connectivity index (χ1) is 12.6. The Morgan fingerprint density at radius 2 is 2.00 bits per heavy atom. The molecule has 134 valence electrons. The van der Waals surface area contributed by atoms with Crippen molar-refractivity contribution in [2.45, 2.75) is 26.2 Å². The number of thiazole rings is 1. The summed E-state index contributed by atoms with van der Waals surface area (Å²) in [5.41, 5.74) is 2.52. The number of carbonyl (C=O) groups is 2. The molecular weight excluding hydrogens is 366 g/mol. The molecule has 1 atom stereocenters. The van der Waals surface area contributed by atoms with Crippen molar-refractivity contribution in [3.63, 3.8) is 0 Å². The first-order valence-corrected chi connectivity index (χ1v) is 10.2. The predicted octanol–water partition coefficient (Wildman–Crippen LogP) is 4.09. The van der Waals surface area contributed by atoms with Crippen molar-refractivity contribution in [2.24, 2.45) is 5.92 Å². The maximum atomic E-state index is 12.7. The Labute approximate surface area is 159 Å². The molecule has 26 heavy (non-hydrogen) atoms. The summed E-state index contributed by atoms with van der Waals surface area (Å²) in [6, 6.07) is 7.68. The molecule has 0 spiro atoms. The number of carbonyl (C=O) groups excluding carboxylic acids is 2. The first-order valence-electron chi connectivity index (χ1n) is 8.60. The molecule has 3 aromatic rings. The van der Waals surface area contributed by atoms with Crippen LogP contribution in [-0.4, -0.2) is 23.8 Å². The van der Waals surface area contributed by atoms with Crippen molar-refractivity contribution in [3.8, 4) is 0 Å². The third-order valence-electron chi connectivity index (χ3n) is 4.68. The molecule has 1 aliphatic carbocycles. The van der Waals surface area contributed by atoms with E-state index in [2.05, 4.69) is 22.5 Å². The lowest BCUT2D eigenvalue weighted by molar-refractivity contribution is 0.0963. The average Bonchev–Trinajstić information content (AvgIpc) is 3.21. The topological polar surface area (TPSA) is 71.1 Å². The summed E-state index contributed by atoms with van der Waals surface area (Å²) in [7, 11) is 1.62. The van der Waals surface area contributed by atoms with Gasteiger partial charge in [0.1, 0.15) is 5.00 Å². The summed E-state index contributed by atoms with van der Waals surface area (Å²) in [6.45, 7) is 2.22. The van der Waals surface area contributed by atoms with Crippen molar-refractivity contribution in [1.82, 2.24) is 10.3 Å². The number of para-hydroxylation sites is 1. The van der Waals surface area contributed by atoms with Crippen LogP contribution in [0.5, 0.6) is 0 Å². The SMILES string of the molecule is CNC(=O)c1c(NC(=O)c2nc3ccccc3s2)sc2c1CCC(C)C2. The van der Waals surface area contributed by atoms with Gasteiger partial charge in [-0.15, -0.1) is 22.7 Å². The quantitative estimate of drug-likeness (QED) is 0.713. The Balaban J connectivity index is 1.68. The van der Waals surface area contributed by atoms with Crippen LogP contribution in [0, 0.1) is 5.92 Å². The molecule has 0 radical (unpaired) electrons. The van der Waals surface area contributed by atoms with Gasteiger partial charge in [-0.1, -0.05) is 19.1 Å². The summed E-state index contributed by atoms with van der Waals surface area (Å²) in [5.74, 6) is 0.200. The van der Waals surface area contributed by atoms with Crippen molar-refractivity contribution >= 4 is 49.7 Å². The second-order valence-electron chi connectivity index (χ2n) is 6.58. The van der Waals surface area contributed by atoms with Gasteiger partial charge in [-0.2, -0.15) is 0 Å². The van der Waals surface area contributed by atoms with Crippen LogP contribution in [0.2, 0.25) is 0 Å². The van der Waals surface area contributed by atoms with Gasteiger partial charge in [-0.05, 0) is 42.9 Å². The minimum Gasteiger partial charge on any atom is -0.355 e. The lowest BCUT2D eigenvalue weighted by Gasteiger charge is -2.18. The molecule has 0 saturated heterocycles. The number of fused-ring (bicyclic) bond motifs is 2. The standard InChI is InChI=1S/C19H19N3O2S2/c1-10-7-8-11-14(9-10)26-18(15(11)16(23)20-2)22-17(24)19-21-12-5-3-4-6-13(12)25-19/h3-6,10H,7-9H2,1-2H3,(H,20,23)(H,22,24). The highest BCUT2D eigenvalue weighted by Gasteiger charge is 2.28. The van der Waals surface area contributed by atoms with E-state index in [9.17, 15) is 9.59 Å². The summed E-state index contributed by atoms with van der Waals surface area (Å²) in [5, 5.41) is 6.69. The molecule has 1 aromatic carbocycles. The fourth-order valence-electron chi connectivity index (χ4n) is 3.33. The molecule has 4 rings (SSSR count). The number of amides is 2. The number of hydrogen-bond acceptors (Lipinski definition) is 5. The number of hydrogen-bond donors (Lipinski definition) is 2. The van der Waals surface area contributed by atoms with Gasteiger partial charge < -0.3 is 10.6 Å². The molecule has 2 aromatic heterocycles. The van der Waals surface area contributed by atoms with Crippen molar-refractivity contribution in [2.75, 3.05) is 12.4 Å². The van der Waals surface area contributed by atoms with Gasteiger partial charge in [0.05, 0.1) is 15.8 Å². The number of thiophene rings is 1. The van der Waals surface area contributed by atoms with Gasteiger partial charge in [-0.3, -0.25) is 9.59 Å². The number of rotatable bonds is 3. The van der Waals surface area contributed by atoms with Gasteiger partial charge in [0.15, 0.2) is 5.01 Å². The Bertz CT molecular complexity index is 973. The highest BCUT2D eigenvalue weighted by atomic mass is 32.1. The number of benzene rings is 1. The second-order valence-corrected chi connectivity index (χ2v) is 8.71. The van der Waals surface area contributed by atoms with Crippen LogP contribution in [0.3, 0.4) is 0 Å². The van der Waals surface area contributed by atoms with Crippen LogP contribution in [-0.2, 0) is 12.8 Å². The van der Waals surface area contributed by atoms with Crippen LogP contribution < -0.4 is 10.6 Å². The highest BCUT2D eigenvalue weighted by Crippen LogP contribution is 2.40. The molecule has 0 bridgehead atoms. The van der Waals surface area contributed by atoms with E-state index in [-0.39, 0.29) is 11.8 Å². The van der Waals surface area contributed by atoms with E-state index in [0.29, 0.717) is 21.5 Å². The fourth-order valence-corrected chi connectivity index (χ4v) is 5.59. The maximum absolute atomic E-state index is 12.7.